The molecule has 2 heterocycles. The Morgan fingerprint density at radius 3 is 2.90 bits per heavy atom. The monoisotopic (exact) mass is 437 g/mol. The van der Waals surface area contributed by atoms with Gasteiger partial charge in [0, 0.05) is 16.3 Å². The summed E-state index contributed by atoms with van der Waals surface area (Å²) in [6, 6.07) is 16.5. The van der Waals surface area contributed by atoms with Gasteiger partial charge in [-0.15, -0.1) is 0 Å². The average Bonchev–Trinajstić information content (AvgIpc) is 3.23. The third-order valence-corrected chi connectivity index (χ3v) is 5.93. The van der Waals surface area contributed by atoms with Gasteiger partial charge in [0.15, 0.2) is 11.5 Å². The number of hydrogen-bond donors (Lipinski definition) is 1. The second-order valence-corrected chi connectivity index (χ2v) is 7.85. The lowest BCUT2D eigenvalue weighted by Crippen LogP contribution is -2.15. The Balaban J connectivity index is 1.51. The summed E-state index contributed by atoms with van der Waals surface area (Å²) in [7, 11) is 0. The molecule has 8 heteroatoms. The van der Waals surface area contributed by atoms with Crippen molar-refractivity contribution in [2.24, 2.45) is 0 Å². The van der Waals surface area contributed by atoms with E-state index in [4.69, 9.17) is 21.1 Å². The van der Waals surface area contributed by atoms with Crippen LogP contribution in [-0.4, -0.2) is 23.4 Å². The Labute approximate surface area is 182 Å². The summed E-state index contributed by atoms with van der Waals surface area (Å²) < 4.78 is 10.8. The Morgan fingerprint density at radius 2 is 2.07 bits per heavy atom. The molecular formula is C22H16ClN3O3S. The van der Waals surface area contributed by atoms with Crippen molar-refractivity contribution in [3.05, 3.63) is 64.7 Å². The number of hydrogen-bond acceptors (Lipinski definition) is 6. The van der Waals surface area contributed by atoms with Crippen molar-refractivity contribution in [1.82, 2.24) is 4.98 Å². The molecule has 0 atom stereocenters. The minimum Gasteiger partial charge on any atom is -0.454 e. The number of nitrogens with zero attached hydrogens (tertiary/aromatic N) is 2. The zero-order chi connectivity index (χ0) is 21.1. The van der Waals surface area contributed by atoms with Crippen LogP contribution in [0.2, 0.25) is 5.02 Å². The summed E-state index contributed by atoms with van der Waals surface area (Å²) in [5.41, 5.74) is 3.40. The van der Waals surface area contributed by atoms with Crippen molar-refractivity contribution in [3.8, 4) is 28.8 Å². The fourth-order valence-electron chi connectivity index (χ4n) is 2.92. The topological polar surface area (TPSA) is 84.2 Å². The molecule has 30 heavy (non-hydrogen) atoms. The van der Waals surface area contributed by atoms with E-state index in [2.05, 4.69) is 16.4 Å². The average molecular weight is 438 g/mol. The zero-order valence-electron chi connectivity index (χ0n) is 15.9. The van der Waals surface area contributed by atoms with E-state index in [1.165, 1.54) is 11.8 Å². The molecule has 1 aromatic heterocycles. The normalized spacial score (nSPS) is 11.8. The number of carbonyl (C=O) groups excluding carboxylic acids is 1. The molecule has 3 aromatic rings. The van der Waals surface area contributed by atoms with Gasteiger partial charge >= 0.3 is 0 Å². The van der Waals surface area contributed by atoms with E-state index in [1.807, 2.05) is 25.1 Å². The summed E-state index contributed by atoms with van der Waals surface area (Å²) in [4.78, 5) is 17.0. The second-order valence-electron chi connectivity index (χ2n) is 6.48. The lowest BCUT2D eigenvalue weighted by atomic mass is 10.1. The Kier molecular flexibility index (Phi) is 5.79. The van der Waals surface area contributed by atoms with Gasteiger partial charge in [-0.2, -0.15) is 5.26 Å². The van der Waals surface area contributed by atoms with E-state index in [-0.39, 0.29) is 18.5 Å². The lowest BCUT2D eigenvalue weighted by Gasteiger charge is -2.10. The van der Waals surface area contributed by atoms with Crippen LogP contribution in [0.3, 0.4) is 0 Å². The molecule has 0 unspecified atom stereocenters. The highest BCUT2D eigenvalue weighted by Crippen LogP contribution is 2.36. The molecule has 0 radical (unpaired) electrons. The van der Waals surface area contributed by atoms with Gasteiger partial charge in [0.2, 0.25) is 12.7 Å². The molecule has 2 aromatic carbocycles. The zero-order valence-corrected chi connectivity index (χ0v) is 17.5. The molecule has 1 aliphatic heterocycles. The molecule has 0 spiro atoms. The van der Waals surface area contributed by atoms with Crippen molar-refractivity contribution < 1.29 is 14.3 Å². The van der Waals surface area contributed by atoms with Gasteiger partial charge < -0.3 is 14.8 Å². The number of fused-ring (bicyclic) bond motifs is 1. The minimum absolute atomic E-state index is 0.109. The van der Waals surface area contributed by atoms with Crippen LogP contribution in [0.15, 0.2) is 53.6 Å². The van der Waals surface area contributed by atoms with E-state index in [0.29, 0.717) is 38.5 Å². The first-order chi connectivity index (χ1) is 14.5. The number of nitrogens with one attached hydrogen (secondary N) is 1. The minimum atomic E-state index is -0.204. The number of aromatic nitrogens is 1. The molecule has 0 fully saturated rings. The molecule has 4 rings (SSSR count). The van der Waals surface area contributed by atoms with Crippen molar-refractivity contribution in [2.75, 3.05) is 17.9 Å². The number of rotatable bonds is 5. The Hall–Kier alpha value is -3.21. The Bertz CT molecular complexity index is 1180. The fourth-order valence-corrected chi connectivity index (χ4v) is 3.86. The van der Waals surface area contributed by atoms with E-state index < -0.39 is 0 Å². The predicted octanol–water partition coefficient (Wildman–Crippen LogP) is 5.04. The maximum atomic E-state index is 12.4. The van der Waals surface area contributed by atoms with Gasteiger partial charge in [-0.25, -0.2) is 4.98 Å². The van der Waals surface area contributed by atoms with Crippen molar-refractivity contribution in [1.29, 1.82) is 5.26 Å². The highest BCUT2D eigenvalue weighted by atomic mass is 35.5. The van der Waals surface area contributed by atoms with Crippen LogP contribution < -0.4 is 14.8 Å². The largest absolute Gasteiger partial charge is 0.454 e. The van der Waals surface area contributed by atoms with Crippen LogP contribution in [0, 0.1) is 18.3 Å². The van der Waals surface area contributed by atoms with E-state index >= 15 is 0 Å². The lowest BCUT2D eigenvalue weighted by molar-refractivity contribution is -0.113. The molecular weight excluding hydrogens is 422 g/mol. The van der Waals surface area contributed by atoms with E-state index in [9.17, 15) is 10.1 Å². The van der Waals surface area contributed by atoms with Gasteiger partial charge in [-0.05, 0) is 55.0 Å². The number of carbonyl (C=O) groups is 1. The molecule has 1 aliphatic rings. The van der Waals surface area contributed by atoms with Crippen LogP contribution in [-0.2, 0) is 4.79 Å². The maximum absolute atomic E-state index is 12.4. The SMILES string of the molecule is Cc1c(Cl)cccc1NC(=O)CSc1nc(-c2ccc3c(c2)OCO3)ccc1C#N. The first-order valence-electron chi connectivity index (χ1n) is 9.04. The molecule has 0 bridgehead atoms. The number of pyridine rings is 1. The third-order valence-electron chi connectivity index (χ3n) is 4.53. The number of thioether (sulfide) groups is 1. The molecule has 6 nitrogen and oxygen atoms in total. The first kappa shape index (κ1) is 20.1. The van der Waals surface area contributed by atoms with Gasteiger partial charge in [0.05, 0.1) is 17.0 Å². The van der Waals surface area contributed by atoms with Crippen LogP contribution >= 0.6 is 23.4 Å². The summed E-state index contributed by atoms with van der Waals surface area (Å²) >= 11 is 7.31. The van der Waals surface area contributed by atoms with E-state index in [0.717, 1.165) is 11.1 Å². The first-order valence-corrected chi connectivity index (χ1v) is 10.4. The van der Waals surface area contributed by atoms with Crippen molar-refractivity contribution in [2.45, 2.75) is 11.9 Å². The summed E-state index contributed by atoms with van der Waals surface area (Å²) in [6.07, 6.45) is 0. The number of nitriles is 1. The highest BCUT2D eigenvalue weighted by Gasteiger charge is 2.16. The summed E-state index contributed by atoms with van der Waals surface area (Å²) in [5.74, 6) is 1.25. The van der Waals surface area contributed by atoms with Gasteiger partial charge in [0.25, 0.3) is 0 Å². The van der Waals surface area contributed by atoms with Crippen LogP contribution in [0.25, 0.3) is 11.3 Å². The molecule has 1 amide bonds. The molecule has 0 aliphatic carbocycles. The highest BCUT2D eigenvalue weighted by molar-refractivity contribution is 8.00. The fraction of sp³-hybridized carbons (Fsp3) is 0.136. The van der Waals surface area contributed by atoms with Gasteiger partial charge in [-0.3, -0.25) is 4.79 Å². The number of benzene rings is 2. The van der Waals surface area contributed by atoms with E-state index in [1.54, 1.807) is 30.3 Å². The van der Waals surface area contributed by atoms with Gasteiger partial charge in [-0.1, -0.05) is 29.4 Å². The van der Waals surface area contributed by atoms with Crippen LogP contribution in [0.4, 0.5) is 5.69 Å². The van der Waals surface area contributed by atoms with Crippen molar-refractivity contribution >= 4 is 35.0 Å². The quantitative estimate of drug-likeness (QED) is 0.563. The van der Waals surface area contributed by atoms with Crippen molar-refractivity contribution in [3.63, 3.8) is 0 Å². The molecule has 1 N–H and O–H groups in total. The van der Waals surface area contributed by atoms with Crippen LogP contribution in [0.1, 0.15) is 11.1 Å². The standard InChI is InChI=1S/C22H16ClN3O3S/c1-13-16(23)3-2-4-17(13)25-21(27)11-30-22-15(10-24)5-7-18(26-22)14-6-8-19-20(9-14)29-12-28-19/h2-9H,11-12H2,1H3,(H,25,27). The molecule has 0 saturated carbocycles. The molecule has 150 valence electrons. The van der Waals surface area contributed by atoms with Crippen LogP contribution in [0.5, 0.6) is 11.5 Å². The third kappa shape index (κ3) is 4.20. The number of amides is 1. The summed E-state index contributed by atoms with van der Waals surface area (Å²) in [6.45, 7) is 2.04. The van der Waals surface area contributed by atoms with Gasteiger partial charge in [0.1, 0.15) is 11.1 Å². The predicted molar refractivity (Wildman–Crippen MR) is 116 cm³/mol. The second kappa shape index (κ2) is 8.66. The maximum Gasteiger partial charge on any atom is 0.234 e. The number of anilines is 1. The molecule has 0 saturated heterocycles. The number of halogens is 1. The smallest absolute Gasteiger partial charge is 0.234 e. The Morgan fingerprint density at radius 1 is 1.23 bits per heavy atom. The number of ether oxygens (including phenoxy) is 2. The summed E-state index contributed by atoms with van der Waals surface area (Å²) in [5, 5.41) is 13.3.